The fourth-order valence-corrected chi connectivity index (χ4v) is 2.22. The van der Waals surface area contributed by atoms with Gasteiger partial charge in [-0.2, -0.15) is 0 Å². The zero-order valence-electron chi connectivity index (χ0n) is 10.4. The van der Waals surface area contributed by atoms with Crippen LogP contribution in [0.4, 0.5) is 14.5 Å². The third kappa shape index (κ3) is 2.84. The van der Waals surface area contributed by atoms with Crippen molar-refractivity contribution < 1.29 is 18.7 Å². The van der Waals surface area contributed by atoms with Gasteiger partial charge in [0.25, 0.3) is 0 Å². The van der Waals surface area contributed by atoms with E-state index >= 15 is 0 Å². The van der Waals surface area contributed by atoms with Crippen molar-refractivity contribution >= 4 is 11.6 Å². The summed E-state index contributed by atoms with van der Waals surface area (Å²) in [4.78, 5) is 12.6. The molecule has 0 spiro atoms. The van der Waals surface area contributed by atoms with Crippen LogP contribution in [0.15, 0.2) is 18.2 Å². The summed E-state index contributed by atoms with van der Waals surface area (Å²) in [7, 11) is 0. The smallest absolute Gasteiger partial charge is 0.248 e. The van der Waals surface area contributed by atoms with Crippen LogP contribution in [0.3, 0.4) is 0 Å². The molecule has 4 nitrogen and oxygen atoms in total. The van der Waals surface area contributed by atoms with Crippen molar-refractivity contribution in [3.05, 3.63) is 29.6 Å². The summed E-state index contributed by atoms with van der Waals surface area (Å²) < 4.78 is 27.7. The van der Waals surface area contributed by atoms with Gasteiger partial charge in [0.1, 0.15) is 11.5 Å². The number of carbonyl (C=O) groups is 1. The first-order valence-electron chi connectivity index (χ1n) is 6.09. The number of rotatable bonds is 3. The second-order valence-corrected chi connectivity index (χ2v) is 4.83. The Labute approximate surface area is 109 Å². The molecule has 1 aliphatic rings. The van der Waals surface area contributed by atoms with E-state index in [4.69, 9.17) is 10.8 Å². The zero-order valence-corrected chi connectivity index (χ0v) is 10.4. The standard InChI is InChI=1S/C13H16F2N2O2/c14-10-7-9(12(16)19)1-2-11(10)17-5-3-13(15,8-18)4-6-17/h1-2,7,18H,3-6,8H2,(H2,16,19). The largest absolute Gasteiger partial charge is 0.393 e. The van der Waals surface area contributed by atoms with Crippen molar-refractivity contribution in [2.45, 2.75) is 18.5 Å². The third-order valence-corrected chi connectivity index (χ3v) is 3.52. The van der Waals surface area contributed by atoms with Crippen molar-refractivity contribution in [2.75, 3.05) is 24.6 Å². The number of hydrogen-bond donors (Lipinski definition) is 2. The fourth-order valence-electron chi connectivity index (χ4n) is 2.22. The summed E-state index contributed by atoms with van der Waals surface area (Å²) in [5.74, 6) is -1.24. The lowest BCUT2D eigenvalue weighted by Gasteiger charge is -2.36. The van der Waals surface area contributed by atoms with E-state index in [1.165, 1.54) is 12.1 Å². The van der Waals surface area contributed by atoms with Crippen LogP contribution in [0.1, 0.15) is 23.2 Å². The van der Waals surface area contributed by atoms with Crippen LogP contribution < -0.4 is 10.6 Å². The second kappa shape index (κ2) is 5.13. The Morgan fingerprint density at radius 1 is 1.42 bits per heavy atom. The number of anilines is 1. The van der Waals surface area contributed by atoms with Crippen molar-refractivity contribution in [1.29, 1.82) is 0 Å². The lowest BCUT2D eigenvalue weighted by molar-refractivity contribution is 0.0480. The number of halogens is 2. The molecule has 6 heteroatoms. The molecule has 0 radical (unpaired) electrons. The van der Waals surface area contributed by atoms with Gasteiger partial charge < -0.3 is 15.7 Å². The van der Waals surface area contributed by atoms with Crippen LogP contribution in [0.5, 0.6) is 0 Å². The van der Waals surface area contributed by atoms with Crippen molar-refractivity contribution in [3.8, 4) is 0 Å². The van der Waals surface area contributed by atoms with Gasteiger partial charge in [-0.25, -0.2) is 8.78 Å². The fraction of sp³-hybridized carbons (Fsp3) is 0.462. The Kier molecular flexibility index (Phi) is 3.71. The highest BCUT2D eigenvalue weighted by atomic mass is 19.1. The highest BCUT2D eigenvalue weighted by Crippen LogP contribution is 2.30. The molecular weight excluding hydrogens is 254 g/mol. The molecule has 1 heterocycles. The number of benzene rings is 1. The molecular formula is C13H16F2N2O2. The van der Waals surface area contributed by atoms with Gasteiger partial charge >= 0.3 is 0 Å². The predicted octanol–water partition coefficient (Wildman–Crippen LogP) is 1.23. The van der Waals surface area contributed by atoms with E-state index in [0.29, 0.717) is 18.8 Å². The molecule has 104 valence electrons. The lowest BCUT2D eigenvalue weighted by atomic mass is 9.94. The molecule has 0 atom stereocenters. The third-order valence-electron chi connectivity index (χ3n) is 3.52. The second-order valence-electron chi connectivity index (χ2n) is 4.83. The molecule has 0 aromatic heterocycles. The molecule has 1 fully saturated rings. The Bertz CT molecular complexity index is 486. The van der Waals surface area contributed by atoms with Gasteiger partial charge in [0.15, 0.2) is 0 Å². The number of nitrogens with two attached hydrogens (primary N) is 1. The number of aliphatic hydroxyl groups is 1. The lowest BCUT2D eigenvalue weighted by Crippen LogP contribution is -2.44. The van der Waals surface area contributed by atoms with E-state index in [1.807, 2.05) is 0 Å². The molecule has 2 rings (SSSR count). The van der Waals surface area contributed by atoms with Crippen LogP contribution in [0.25, 0.3) is 0 Å². The molecule has 0 bridgehead atoms. The monoisotopic (exact) mass is 270 g/mol. The van der Waals surface area contributed by atoms with Crippen LogP contribution in [-0.2, 0) is 0 Å². The average molecular weight is 270 g/mol. The van der Waals surface area contributed by atoms with Crippen molar-refractivity contribution in [1.82, 2.24) is 0 Å². The summed E-state index contributed by atoms with van der Waals surface area (Å²) >= 11 is 0. The first-order chi connectivity index (χ1) is 8.95. The van der Waals surface area contributed by atoms with Crippen molar-refractivity contribution in [2.24, 2.45) is 5.73 Å². The van der Waals surface area contributed by atoms with Crippen LogP contribution in [0, 0.1) is 5.82 Å². The number of nitrogens with zero attached hydrogens (tertiary/aromatic N) is 1. The highest BCUT2D eigenvalue weighted by molar-refractivity contribution is 5.93. The van der Waals surface area contributed by atoms with Gasteiger partial charge in [0.2, 0.25) is 5.91 Å². The van der Waals surface area contributed by atoms with Crippen LogP contribution >= 0.6 is 0 Å². The topological polar surface area (TPSA) is 66.6 Å². The van der Waals surface area contributed by atoms with E-state index in [-0.39, 0.29) is 18.4 Å². The van der Waals surface area contributed by atoms with E-state index in [1.54, 1.807) is 4.90 Å². The minimum absolute atomic E-state index is 0.105. The maximum absolute atomic E-state index is 13.9. The summed E-state index contributed by atoms with van der Waals surface area (Å²) in [6.45, 7) is 0.137. The van der Waals surface area contributed by atoms with Gasteiger partial charge in [-0.15, -0.1) is 0 Å². The van der Waals surface area contributed by atoms with Gasteiger partial charge in [-0.05, 0) is 18.2 Å². The number of piperidine rings is 1. The number of amides is 1. The van der Waals surface area contributed by atoms with Crippen molar-refractivity contribution in [3.63, 3.8) is 0 Å². The molecule has 0 unspecified atom stereocenters. The summed E-state index contributed by atoms with van der Waals surface area (Å²) in [5, 5.41) is 8.94. The molecule has 1 aliphatic heterocycles. The maximum atomic E-state index is 13.9. The molecule has 1 saturated heterocycles. The average Bonchev–Trinajstić information content (AvgIpc) is 2.40. The van der Waals surface area contributed by atoms with E-state index in [9.17, 15) is 13.6 Å². The quantitative estimate of drug-likeness (QED) is 0.868. The van der Waals surface area contributed by atoms with E-state index < -0.39 is 24.0 Å². The Morgan fingerprint density at radius 2 is 2.05 bits per heavy atom. The highest BCUT2D eigenvalue weighted by Gasteiger charge is 2.34. The number of primary amides is 1. The Hall–Kier alpha value is -1.69. The molecule has 1 aromatic rings. The number of carbonyl (C=O) groups excluding carboxylic acids is 1. The Morgan fingerprint density at radius 3 is 2.53 bits per heavy atom. The normalized spacial score (nSPS) is 18.4. The van der Waals surface area contributed by atoms with Gasteiger partial charge in [0.05, 0.1) is 12.3 Å². The summed E-state index contributed by atoms with van der Waals surface area (Å²) in [6, 6.07) is 4.00. The molecule has 3 N–H and O–H groups in total. The zero-order chi connectivity index (χ0) is 14.0. The summed E-state index contributed by atoms with van der Waals surface area (Å²) in [6.07, 6.45) is 0.307. The minimum atomic E-state index is -1.57. The minimum Gasteiger partial charge on any atom is -0.393 e. The van der Waals surface area contributed by atoms with Crippen LogP contribution in [0.2, 0.25) is 0 Å². The molecule has 0 aliphatic carbocycles. The Balaban J connectivity index is 2.14. The van der Waals surface area contributed by atoms with E-state index in [0.717, 1.165) is 6.07 Å². The number of aliphatic hydroxyl groups excluding tert-OH is 1. The van der Waals surface area contributed by atoms with Crippen LogP contribution in [-0.4, -0.2) is 36.4 Å². The van der Waals surface area contributed by atoms with E-state index in [2.05, 4.69) is 0 Å². The molecule has 1 amide bonds. The predicted molar refractivity (Wildman–Crippen MR) is 67.3 cm³/mol. The van der Waals surface area contributed by atoms with Gasteiger partial charge in [0, 0.05) is 31.5 Å². The first kappa shape index (κ1) is 13.7. The molecule has 19 heavy (non-hydrogen) atoms. The number of alkyl halides is 1. The molecule has 1 aromatic carbocycles. The SMILES string of the molecule is NC(=O)c1ccc(N2CCC(F)(CO)CC2)c(F)c1. The summed E-state index contributed by atoms with van der Waals surface area (Å²) in [5.41, 5.74) is 3.93. The number of hydrogen-bond acceptors (Lipinski definition) is 3. The van der Waals surface area contributed by atoms with Gasteiger partial charge in [-0.3, -0.25) is 4.79 Å². The van der Waals surface area contributed by atoms with Gasteiger partial charge in [-0.1, -0.05) is 0 Å². The molecule has 0 saturated carbocycles. The maximum Gasteiger partial charge on any atom is 0.248 e. The first-order valence-corrected chi connectivity index (χ1v) is 6.09.